The molecule has 0 radical (unpaired) electrons. The Morgan fingerprint density at radius 3 is 2.47 bits per heavy atom. The molecule has 0 aliphatic carbocycles. The van der Waals surface area contributed by atoms with Crippen molar-refractivity contribution in [1.29, 1.82) is 0 Å². The Kier molecular flexibility index (Phi) is 2.54. The lowest BCUT2D eigenvalue weighted by molar-refractivity contribution is 0.0697. The van der Waals surface area contributed by atoms with Gasteiger partial charge in [-0.3, -0.25) is 0 Å². The molecule has 0 amide bonds. The summed E-state index contributed by atoms with van der Waals surface area (Å²) in [5.74, 6) is -0.888. The van der Waals surface area contributed by atoms with Crippen LogP contribution < -0.4 is 0 Å². The Morgan fingerprint density at radius 1 is 1.20 bits per heavy atom. The van der Waals surface area contributed by atoms with Crippen molar-refractivity contribution in [3.8, 4) is 0 Å². The van der Waals surface area contributed by atoms with Gasteiger partial charge >= 0.3 is 5.97 Å². The van der Waals surface area contributed by atoms with Crippen LogP contribution in [0.25, 0.3) is 0 Å². The lowest BCUT2D eigenvalue weighted by Gasteiger charge is -2.00. The normalized spacial score (nSPS) is 10.1. The summed E-state index contributed by atoms with van der Waals surface area (Å²) in [5, 5.41) is 8.73. The Bertz CT molecular complexity index is 443. The van der Waals surface area contributed by atoms with Crippen molar-refractivity contribution >= 4 is 5.97 Å². The predicted octanol–water partition coefficient (Wildman–Crippen LogP) is 2.30. The third-order valence-electron chi connectivity index (χ3n) is 2.26. The summed E-state index contributed by atoms with van der Waals surface area (Å²) >= 11 is 0. The molecule has 0 saturated carbocycles. The zero-order valence-electron chi connectivity index (χ0n) is 8.10. The molecule has 3 heteroatoms. The molecule has 0 saturated heterocycles. The van der Waals surface area contributed by atoms with E-state index in [9.17, 15) is 4.79 Å². The fraction of sp³-hybridized carbons (Fsp3) is 0.0833. The van der Waals surface area contributed by atoms with Crippen molar-refractivity contribution < 1.29 is 9.90 Å². The lowest BCUT2D eigenvalue weighted by Crippen LogP contribution is -1.96. The summed E-state index contributed by atoms with van der Waals surface area (Å²) < 4.78 is 0. The molecule has 76 valence electrons. The predicted molar refractivity (Wildman–Crippen MR) is 57.0 cm³/mol. The molecule has 15 heavy (non-hydrogen) atoms. The summed E-state index contributed by atoms with van der Waals surface area (Å²) in [7, 11) is 0. The number of carboxylic acid groups (broad SMARTS) is 1. The number of hydrogen-bond donors (Lipinski definition) is 2. The summed E-state index contributed by atoms with van der Waals surface area (Å²) in [4.78, 5) is 13.7. The van der Waals surface area contributed by atoms with Crippen molar-refractivity contribution in [3.63, 3.8) is 0 Å². The molecule has 1 aromatic carbocycles. The van der Waals surface area contributed by atoms with Crippen LogP contribution in [0.4, 0.5) is 0 Å². The van der Waals surface area contributed by atoms with Crippen LogP contribution >= 0.6 is 0 Å². The van der Waals surface area contributed by atoms with Crippen LogP contribution in [0.1, 0.15) is 21.6 Å². The topological polar surface area (TPSA) is 53.1 Å². The third-order valence-corrected chi connectivity index (χ3v) is 2.26. The monoisotopic (exact) mass is 201 g/mol. The maximum absolute atomic E-state index is 10.6. The van der Waals surface area contributed by atoms with Crippen LogP contribution in [0, 0.1) is 0 Å². The number of H-pyrrole nitrogens is 1. The Balaban J connectivity index is 2.14. The first-order valence-electron chi connectivity index (χ1n) is 4.70. The fourth-order valence-electron chi connectivity index (χ4n) is 1.46. The van der Waals surface area contributed by atoms with Gasteiger partial charge in [-0.05, 0) is 29.8 Å². The van der Waals surface area contributed by atoms with E-state index in [1.807, 2.05) is 30.5 Å². The molecular weight excluding hydrogens is 190 g/mol. The maximum atomic E-state index is 10.6. The first-order chi connectivity index (χ1) is 7.25. The largest absolute Gasteiger partial charge is 0.478 e. The number of carbonyl (C=O) groups is 1. The van der Waals surface area contributed by atoms with Crippen molar-refractivity contribution in [3.05, 3.63) is 59.4 Å². The molecule has 3 nitrogen and oxygen atoms in total. The highest BCUT2D eigenvalue weighted by Gasteiger charge is 2.02. The Hall–Kier alpha value is -2.03. The second-order valence-electron chi connectivity index (χ2n) is 3.37. The molecule has 0 spiro atoms. The van der Waals surface area contributed by atoms with Gasteiger partial charge in [-0.25, -0.2) is 4.79 Å². The van der Waals surface area contributed by atoms with E-state index in [2.05, 4.69) is 4.98 Å². The van der Waals surface area contributed by atoms with Crippen LogP contribution in [0.15, 0.2) is 42.6 Å². The van der Waals surface area contributed by atoms with E-state index in [-0.39, 0.29) is 0 Å². The lowest BCUT2D eigenvalue weighted by atomic mass is 10.1. The molecule has 1 aromatic heterocycles. The van der Waals surface area contributed by atoms with Crippen molar-refractivity contribution in [2.75, 3.05) is 0 Å². The molecule has 2 rings (SSSR count). The number of benzene rings is 1. The minimum atomic E-state index is -0.888. The Morgan fingerprint density at radius 2 is 1.93 bits per heavy atom. The smallest absolute Gasteiger partial charge is 0.335 e. The summed E-state index contributed by atoms with van der Waals surface area (Å²) in [6.07, 6.45) is 2.67. The van der Waals surface area contributed by atoms with Crippen LogP contribution in [-0.2, 0) is 6.42 Å². The average molecular weight is 201 g/mol. The van der Waals surface area contributed by atoms with Crippen LogP contribution in [0.3, 0.4) is 0 Å². The minimum Gasteiger partial charge on any atom is -0.478 e. The van der Waals surface area contributed by atoms with Crippen LogP contribution in [0.2, 0.25) is 0 Å². The zero-order chi connectivity index (χ0) is 10.7. The van der Waals surface area contributed by atoms with E-state index in [4.69, 9.17) is 5.11 Å². The number of rotatable bonds is 3. The van der Waals surface area contributed by atoms with Gasteiger partial charge in [0.05, 0.1) is 5.56 Å². The van der Waals surface area contributed by atoms with Gasteiger partial charge in [0.15, 0.2) is 0 Å². The second kappa shape index (κ2) is 4.00. The SMILES string of the molecule is O=C(O)c1ccc(Cc2ccc[nH]2)cc1. The molecular formula is C12H11NO2. The van der Waals surface area contributed by atoms with E-state index < -0.39 is 5.97 Å². The molecule has 0 atom stereocenters. The number of aromatic nitrogens is 1. The third kappa shape index (κ3) is 2.26. The van der Waals surface area contributed by atoms with Gasteiger partial charge in [0.1, 0.15) is 0 Å². The van der Waals surface area contributed by atoms with Gasteiger partial charge in [0.25, 0.3) is 0 Å². The van der Waals surface area contributed by atoms with E-state index in [0.717, 1.165) is 17.7 Å². The van der Waals surface area contributed by atoms with Gasteiger partial charge in [0, 0.05) is 18.3 Å². The minimum absolute atomic E-state index is 0.324. The van der Waals surface area contributed by atoms with E-state index in [1.54, 1.807) is 12.1 Å². The van der Waals surface area contributed by atoms with Gasteiger partial charge in [-0.2, -0.15) is 0 Å². The van der Waals surface area contributed by atoms with Crippen molar-refractivity contribution in [2.24, 2.45) is 0 Å². The summed E-state index contributed by atoms with van der Waals surface area (Å²) in [5.41, 5.74) is 2.55. The quantitative estimate of drug-likeness (QED) is 0.800. The Labute approximate surface area is 87.4 Å². The van der Waals surface area contributed by atoms with Gasteiger partial charge in [-0.1, -0.05) is 12.1 Å². The number of aromatic carboxylic acids is 1. The first-order valence-corrected chi connectivity index (χ1v) is 4.70. The molecule has 2 N–H and O–H groups in total. The van der Waals surface area contributed by atoms with Crippen LogP contribution in [-0.4, -0.2) is 16.1 Å². The highest BCUT2D eigenvalue weighted by Crippen LogP contribution is 2.09. The number of carboxylic acids is 1. The standard InChI is InChI=1S/C12H11NO2/c14-12(15)10-5-3-9(4-6-10)8-11-2-1-7-13-11/h1-7,13H,8H2,(H,14,15). The molecule has 0 bridgehead atoms. The van der Waals surface area contributed by atoms with Crippen LogP contribution in [0.5, 0.6) is 0 Å². The zero-order valence-corrected chi connectivity index (χ0v) is 8.10. The highest BCUT2D eigenvalue weighted by molar-refractivity contribution is 5.87. The van der Waals surface area contributed by atoms with Gasteiger partial charge < -0.3 is 10.1 Å². The van der Waals surface area contributed by atoms with Gasteiger partial charge in [0.2, 0.25) is 0 Å². The summed E-state index contributed by atoms with van der Waals surface area (Å²) in [6.45, 7) is 0. The second-order valence-corrected chi connectivity index (χ2v) is 3.37. The maximum Gasteiger partial charge on any atom is 0.335 e. The molecule has 2 aromatic rings. The number of nitrogens with one attached hydrogen (secondary N) is 1. The number of aromatic amines is 1. The van der Waals surface area contributed by atoms with Crippen molar-refractivity contribution in [2.45, 2.75) is 6.42 Å². The molecule has 0 aliphatic rings. The van der Waals surface area contributed by atoms with E-state index in [0.29, 0.717) is 5.56 Å². The average Bonchev–Trinajstić information content (AvgIpc) is 2.71. The molecule has 1 heterocycles. The first kappa shape index (κ1) is 9.52. The molecule has 0 aliphatic heterocycles. The van der Waals surface area contributed by atoms with Crippen molar-refractivity contribution in [1.82, 2.24) is 4.98 Å². The molecule has 0 unspecified atom stereocenters. The molecule has 0 fully saturated rings. The summed E-state index contributed by atoms with van der Waals surface area (Å²) in [6, 6.07) is 10.9. The van der Waals surface area contributed by atoms with E-state index >= 15 is 0 Å². The number of hydrogen-bond acceptors (Lipinski definition) is 1. The van der Waals surface area contributed by atoms with E-state index in [1.165, 1.54) is 0 Å². The fourth-order valence-corrected chi connectivity index (χ4v) is 1.46. The highest BCUT2D eigenvalue weighted by atomic mass is 16.4. The van der Waals surface area contributed by atoms with Gasteiger partial charge in [-0.15, -0.1) is 0 Å².